The van der Waals surface area contributed by atoms with Gasteiger partial charge in [-0.1, -0.05) is 23.2 Å². The average molecular weight is 351 g/mol. The summed E-state index contributed by atoms with van der Waals surface area (Å²) < 4.78 is 0. The van der Waals surface area contributed by atoms with Gasteiger partial charge in [-0.2, -0.15) is 5.10 Å². The van der Waals surface area contributed by atoms with E-state index >= 15 is 0 Å². The fraction of sp³-hybridized carbons (Fsp3) is 0.312. The van der Waals surface area contributed by atoms with Crippen LogP contribution in [0.25, 0.3) is 0 Å². The molecule has 1 aromatic carbocycles. The zero-order valence-electron chi connectivity index (χ0n) is 12.7. The number of carbonyl (C=O) groups is 1. The van der Waals surface area contributed by atoms with E-state index in [0.29, 0.717) is 41.8 Å². The molecule has 1 aliphatic heterocycles. The van der Waals surface area contributed by atoms with Crippen molar-refractivity contribution in [1.29, 1.82) is 0 Å². The van der Waals surface area contributed by atoms with Crippen molar-refractivity contribution in [1.82, 2.24) is 15.1 Å². The van der Waals surface area contributed by atoms with Crippen LogP contribution in [0, 0.1) is 6.92 Å². The Bertz CT molecular complexity index is 713. The first-order valence-electron chi connectivity index (χ1n) is 7.34. The molecule has 5 nitrogen and oxygen atoms in total. The molecule has 120 valence electrons. The predicted octanol–water partition coefficient (Wildman–Crippen LogP) is 3.05. The van der Waals surface area contributed by atoms with E-state index in [1.165, 1.54) is 0 Å². The Kier molecular flexibility index (Phi) is 4.68. The summed E-state index contributed by atoms with van der Waals surface area (Å²) >= 11 is 12.0. The minimum Gasteiger partial charge on any atom is -0.352 e. The molecule has 1 fully saturated rings. The molecule has 7 heteroatoms. The maximum atomic E-state index is 12.6. The van der Waals surface area contributed by atoms with Crippen LogP contribution >= 0.6 is 23.2 Å². The van der Waals surface area contributed by atoms with Crippen LogP contribution in [0.4, 0.5) is 5.82 Å². The van der Waals surface area contributed by atoms with Crippen LogP contribution in [-0.4, -0.2) is 47.2 Å². The molecule has 0 saturated carbocycles. The highest BCUT2D eigenvalue weighted by Gasteiger charge is 2.24. The number of hydrogen-bond donors (Lipinski definition) is 0. The zero-order chi connectivity index (χ0) is 16.4. The highest BCUT2D eigenvalue weighted by Crippen LogP contribution is 2.23. The summed E-state index contributed by atoms with van der Waals surface area (Å²) in [6.45, 7) is 4.58. The van der Waals surface area contributed by atoms with Crippen LogP contribution < -0.4 is 4.90 Å². The number of aryl methyl sites for hydroxylation is 1. The van der Waals surface area contributed by atoms with Crippen LogP contribution in [0.3, 0.4) is 0 Å². The summed E-state index contributed by atoms with van der Waals surface area (Å²) in [5, 5.41) is 9.17. The lowest BCUT2D eigenvalue weighted by Gasteiger charge is -2.35. The van der Waals surface area contributed by atoms with Crippen molar-refractivity contribution in [3.63, 3.8) is 0 Å². The van der Waals surface area contributed by atoms with Crippen molar-refractivity contribution in [2.75, 3.05) is 31.1 Å². The third-order valence-electron chi connectivity index (χ3n) is 3.84. The van der Waals surface area contributed by atoms with Crippen molar-refractivity contribution in [2.45, 2.75) is 6.92 Å². The molecule has 1 saturated heterocycles. The molecule has 0 spiro atoms. The Morgan fingerprint density at radius 1 is 1.04 bits per heavy atom. The van der Waals surface area contributed by atoms with Crippen LogP contribution in [0.2, 0.25) is 10.0 Å². The molecule has 1 aromatic heterocycles. The smallest absolute Gasteiger partial charge is 0.255 e. The highest BCUT2D eigenvalue weighted by atomic mass is 35.5. The zero-order valence-corrected chi connectivity index (χ0v) is 14.2. The van der Waals surface area contributed by atoms with Gasteiger partial charge in [0, 0.05) is 31.2 Å². The van der Waals surface area contributed by atoms with Crippen LogP contribution in [-0.2, 0) is 0 Å². The first-order chi connectivity index (χ1) is 11.0. The SMILES string of the molecule is Cc1ccc(N2CCN(C(=O)c3ccc(Cl)cc3Cl)CC2)nn1. The maximum absolute atomic E-state index is 12.6. The van der Waals surface area contributed by atoms with E-state index in [4.69, 9.17) is 23.2 Å². The van der Waals surface area contributed by atoms with Crippen molar-refractivity contribution in [3.8, 4) is 0 Å². The number of halogens is 2. The highest BCUT2D eigenvalue weighted by molar-refractivity contribution is 6.36. The van der Waals surface area contributed by atoms with E-state index in [1.54, 1.807) is 23.1 Å². The van der Waals surface area contributed by atoms with E-state index in [0.717, 1.165) is 11.5 Å². The van der Waals surface area contributed by atoms with Gasteiger partial charge in [-0.05, 0) is 37.3 Å². The van der Waals surface area contributed by atoms with Crippen molar-refractivity contribution in [3.05, 3.63) is 51.6 Å². The molecule has 0 atom stereocenters. The summed E-state index contributed by atoms with van der Waals surface area (Å²) in [4.78, 5) is 16.5. The first-order valence-corrected chi connectivity index (χ1v) is 8.10. The minimum atomic E-state index is -0.0682. The molecule has 2 heterocycles. The molecule has 0 bridgehead atoms. The van der Waals surface area contributed by atoms with Crippen molar-refractivity contribution >= 4 is 34.9 Å². The molecule has 23 heavy (non-hydrogen) atoms. The van der Waals surface area contributed by atoms with Crippen LogP contribution in [0.1, 0.15) is 16.1 Å². The van der Waals surface area contributed by atoms with Gasteiger partial charge < -0.3 is 9.80 Å². The second-order valence-electron chi connectivity index (χ2n) is 5.44. The molecule has 1 amide bonds. The number of carbonyl (C=O) groups excluding carboxylic acids is 1. The van der Waals surface area contributed by atoms with Crippen LogP contribution in [0.5, 0.6) is 0 Å². The molecule has 0 aliphatic carbocycles. The van der Waals surface area contributed by atoms with Crippen molar-refractivity contribution < 1.29 is 4.79 Å². The van der Waals surface area contributed by atoms with Gasteiger partial charge in [0.2, 0.25) is 0 Å². The van der Waals surface area contributed by atoms with E-state index in [2.05, 4.69) is 15.1 Å². The van der Waals surface area contributed by atoms with Gasteiger partial charge >= 0.3 is 0 Å². The lowest BCUT2D eigenvalue weighted by molar-refractivity contribution is 0.0746. The Morgan fingerprint density at radius 2 is 1.78 bits per heavy atom. The van der Waals surface area contributed by atoms with Gasteiger partial charge in [0.25, 0.3) is 5.91 Å². The third-order valence-corrected chi connectivity index (χ3v) is 4.38. The van der Waals surface area contributed by atoms with Gasteiger partial charge in [-0.25, -0.2) is 0 Å². The molecule has 0 unspecified atom stereocenters. The monoisotopic (exact) mass is 350 g/mol. The Hall–Kier alpha value is -1.85. The maximum Gasteiger partial charge on any atom is 0.255 e. The Morgan fingerprint density at radius 3 is 2.39 bits per heavy atom. The summed E-state index contributed by atoms with van der Waals surface area (Å²) in [5.74, 6) is 0.772. The number of anilines is 1. The molecular formula is C16H16Cl2N4O. The lowest BCUT2D eigenvalue weighted by Crippen LogP contribution is -2.49. The van der Waals surface area contributed by atoms with E-state index in [9.17, 15) is 4.79 Å². The van der Waals surface area contributed by atoms with E-state index in [-0.39, 0.29) is 5.91 Å². The second-order valence-corrected chi connectivity index (χ2v) is 6.28. The average Bonchev–Trinajstić information content (AvgIpc) is 2.55. The molecule has 3 rings (SSSR count). The fourth-order valence-electron chi connectivity index (χ4n) is 2.53. The molecule has 0 radical (unpaired) electrons. The number of rotatable bonds is 2. The number of hydrogen-bond acceptors (Lipinski definition) is 4. The Labute approximate surface area is 144 Å². The molecule has 2 aromatic rings. The quantitative estimate of drug-likeness (QED) is 0.835. The predicted molar refractivity (Wildman–Crippen MR) is 91.3 cm³/mol. The summed E-state index contributed by atoms with van der Waals surface area (Å²) in [5.41, 5.74) is 1.37. The fourth-order valence-corrected chi connectivity index (χ4v) is 3.02. The largest absolute Gasteiger partial charge is 0.352 e. The van der Waals surface area contributed by atoms with E-state index < -0.39 is 0 Å². The van der Waals surface area contributed by atoms with Crippen LogP contribution in [0.15, 0.2) is 30.3 Å². The number of amides is 1. The third kappa shape index (κ3) is 3.57. The molecule has 1 aliphatic rings. The molecular weight excluding hydrogens is 335 g/mol. The lowest BCUT2D eigenvalue weighted by atomic mass is 10.1. The minimum absolute atomic E-state index is 0.0682. The van der Waals surface area contributed by atoms with Gasteiger partial charge in [0.15, 0.2) is 5.82 Å². The number of aromatic nitrogens is 2. The topological polar surface area (TPSA) is 49.3 Å². The summed E-state index contributed by atoms with van der Waals surface area (Å²) in [6.07, 6.45) is 0. The van der Waals surface area contributed by atoms with Gasteiger partial charge in [-0.3, -0.25) is 4.79 Å². The standard InChI is InChI=1S/C16H16Cl2N4O/c1-11-2-5-15(20-19-11)21-6-8-22(9-7-21)16(23)13-4-3-12(17)10-14(13)18/h2-5,10H,6-9H2,1H3. The number of piperazine rings is 1. The number of nitrogens with zero attached hydrogens (tertiary/aromatic N) is 4. The second kappa shape index (κ2) is 6.72. The Balaban J connectivity index is 1.66. The first kappa shape index (κ1) is 16.0. The normalized spacial score (nSPS) is 14.9. The van der Waals surface area contributed by atoms with E-state index in [1.807, 2.05) is 19.1 Å². The van der Waals surface area contributed by atoms with Gasteiger partial charge in [0.05, 0.1) is 16.3 Å². The van der Waals surface area contributed by atoms with Gasteiger partial charge in [0.1, 0.15) is 0 Å². The number of benzene rings is 1. The van der Waals surface area contributed by atoms with Gasteiger partial charge in [-0.15, -0.1) is 5.10 Å². The summed E-state index contributed by atoms with van der Waals surface area (Å²) in [6, 6.07) is 8.83. The summed E-state index contributed by atoms with van der Waals surface area (Å²) in [7, 11) is 0. The van der Waals surface area contributed by atoms with Crippen molar-refractivity contribution in [2.24, 2.45) is 0 Å². The molecule has 0 N–H and O–H groups in total.